The van der Waals surface area contributed by atoms with Crippen LogP contribution in [0.4, 0.5) is 5.82 Å². The van der Waals surface area contributed by atoms with Gasteiger partial charge in [-0.2, -0.15) is 0 Å². The Balaban J connectivity index is 1.94. The summed E-state index contributed by atoms with van der Waals surface area (Å²) in [4.78, 5) is 4.98. The Morgan fingerprint density at radius 3 is 2.30 bits per heavy atom. The van der Waals surface area contributed by atoms with Gasteiger partial charge in [0, 0.05) is 11.8 Å². The average molecular weight is 271 g/mol. The van der Waals surface area contributed by atoms with Crippen LogP contribution in [0.3, 0.4) is 0 Å². The normalized spacial score (nSPS) is 21.1. The maximum Gasteiger partial charge on any atom is 0.127 e. The standard InChI is InChI=1S/C17H25N3/c1-2-12-20-16(18)15(13-8-4-3-5-9-13)19-17(20)14-10-6-7-11-14/h1,13-14H,3-12,18H2. The van der Waals surface area contributed by atoms with Crippen LogP contribution in [0.25, 0.3) is 0 Å². The van der Waals surface area contributed by atoms with Gasteiger partial charge in [-0.15, -0.1) is 6.42 Å². The highest BCUT2D eigenvalue weighted by atomic mass is 15.1. The van der Waals surface area contributed by atoms with E-state index in [1.165, 1.54) is 63.6 Å². The summed E-state index contributed by atoms with van der Waals surface area (Å²) >= 11 is 0. The summed E-state index contributed by atoms with van der Waals surface area (Å²) in [5.74, 6) is 5.89. The largest absolute Gasteiger partial charge is 0.384 e. The third-order valence-corrected chi connectivity index (χ3v) is 5.03. The Hall–Kier alpha value is -1.43. The van der Waals surface area contributed by atoms with Crippen LogP contribution in [0, 0.1) is 12.3 Å². The fourth-order valence-electron chi connectivity index (χ4n) is 3.93. The molecule has 0 amide bonds. The van der Waals surface area contributed by atoms with Gasteiger partial charge in [0.2, 0.25) is 0 Å². The zero-order valence-electron chi connectivity index (χ0n) is 12.3. The van der Waals surface area contributed by atoms with Crippen LogP contribution in [0.2, 0.25) is 0 Å². The summed E-state index contributed by atoms with van der Waals surface area (Å²) in [6.07, 6.45) is 17.1. The topological polar surface area (TPSA) is 43.8 Å². The first-order valence-corrected chi connectivity index (χ1v) is 8.10. The lowest BCUT2D eigenvalue weighted by atomic mass is 9.87. The lowest BCUT2D eigenvalue weighted by Crippen LogP contribution is -2.10. The molecule has 2 aliphatic rings. The molecule has 20 heavy (non-hydrogen) atoms. The van der Waals surface area contributed by atoms with E-state index >= 15 is 0 Å². The van der Waals surface area contributed by atoms with Crippen molar-refractivity contribution < 1.29 is 0 Å². The van der Waals surface area contributed by atoms with Crippen molar-refractivity contribution in [2.24, 2.45) is 0 Å². The molecule has 1 aromatic rings. The monoisotopic (exact) mass is 271 g/mol. The Morgan fingerprint density at radius 2 is 1.65 bits per heavy atom. The summed E-state index contributed by atoms with van der Waals surface area (Å²) in [6, 6.07) is 0. The molecule has 2 aliphatic carbocycles. The fourth-order valence-corrected chi connectivity index (χ4v) is 3.93. The molecule has 0 aromatic carbocycles. The number of anilines is 1. The van der Waals surface area contributed by atoms with Crippen molar-refractivity contribution in [2.45, 2.75) is 76.2 Å². The lowest BCUT2D eigenvalue weighted by molar-refractivity contribution is 0.438. The quantitative estimate of drug-likeness (QED) is 0.850. The van der Waals surface area contributed by atoms with E-state index in [1.807, 2.05) is 0 Å². The molecule has 0 unspecified atom stereocenters. The zero-order chi connectivity index (χ0) is 13.9. The molecule has 3 nitrogen and oxygen atoms in total. The van der Waals surface area contributed by atoms with Crippen molar-refractivity contribution in [2.75, 3.05) is 5.73 Å². The molecule has 0 radical (unpaired) electrons. The van der Waals surface area contributed by atoms with E-state index in [-0.39, 0.29) is 0 Å². The number of hydrogen-bond acceptors (Lipinski definition) is 2. The summed E-state index contributed by atoms with van der Waals surface area (Å²) in [5.41, 5.74) is 7.53. The Kier molecular flexibility index (Phi) is 4.00. The number of aromatic nitrogens is 2. The molecule has 0 spiro atoms. The van der Waals surface area contributed by atoms with Gasteiger partial charge in [0.15, 0.2) is 0 Å². The first kappa shape index (κ1) is 13.5. The molecule has 0 saturated heterocycles. The molecule has 3 rings (SSSR count). The molecule has 0 atom stereocenters. The highest BCUT2D eigenvalue weighted by Crippen LogP contribution is 2.39. The predicted octanol–water partition coefficient (Wildman–Crippen LogP) is 3.80. The number of hydrogen-bond donors (Lipinski definition) is 1. The molecule has 108 valence electrons. The van der Waals surface area contributed by atoms with Crippen LogP contribution in [0.1, 0.15) is 81.1 Å². The van der Waals surface area contributed by atoms with E-state index in [4.69, 9.17) is 17.1 Å². The predicted molar refractivity (Wildman–Crippen MR) is 82.5 cm³/mol. The first-order chi connectivity index (χ1) is 9.81. The second-order valence-corrected chi connectivity index (χ2v) is 6.35. The second kappa shape index (κ2) is 5.91. The van der Waals surface area contributed by atoms with Gasteiger partial charge >= 0.3 is 0 Å². The van der Waals surface area contributed by atoms with Crippen molar-refractivity contribution in [3.05, 3.63) is 11.5 Å². The van der Waals surface area contributed by atoms with Crippen molar-refractivity contribution in [3.8, 4) is 12.3 Å². The summed E-state index contributed by atoms with van der Waals surface area (Å²) < 4.78 is 2.11. The maximum absolute atomic E-state index is 6.39. The minimum absolute atomic E-state index is 0.558. The third-order valence-electron chi connectivity index (χ3n) is 5.03. The van der Waals surface area contributed by atoms with Crippen LogP contribution in [0.15, 0.2) is 0 Å². The van der Waals surface area contributed by atoms with Gasteiger partial charge in [0.1, 0.15) is 11.6 Å². The number of rotatable bonds is 3. The van der Waals surface area contributed by atoms with Crippen molar-refractivity contribution in [1.29, 1.82) is 0 Å². The molecular formula is C17H25N3. The number of terminal acetylenes is 1. The van der Waals surface area contributed by atoms with E-state index in [0.717, 1.165) is 11.5 Å². The molecule has 0 aliphatic heterocycles. The van der Waals surface area contributed by atoms with Crippen LogP contribution in [0.5, 0.6) is 0 Å². The van der Waals surface area contributed by atoms with Crippen molar-refractivity contribution in [1.82, 2.24) is 9.55 Å². The fraction of sp³-hybridized carbons (Fsp3) is 0.706. The maximum atomic E-state index is 6.39. The number of imidazole rings is 1. The van der Waals surface area contributed by atoms with Gasteiger partial charge in [-0.25, -0.2) is 4.98 Å². The van der Waals surface area contributed by atoms with Crippen molar-refractivity contribution >= 4 is 5.82 Å². The van der Waals surface area contributed by atoms with Gasteiger partial charge in [0.05, 0.1) is 12.2 Å². The zero-order valence-corrected chi connectivity index (χ0v) is 12.3. The Morgan fingerprint density at radius 1 is 1.05 bits per heavy atom. The molecule has 2 saturated carbocycles. The van der Waals surface area contributed by atoms with E-state index < -0.39 is 0 Å². The van der Waals surface area contributed by atoms with Gasteiger partial charge in [-0.1, -0.05) is 38.0 Å². The first-order valence-electron chi connectivity index (χ1n) is 8.10. The summed E-state index contributed by atoms with van der Waals surface area (Å²) in [5, 5.41) is 0. The SMILES string of the molecule is C#CCn1c(C2CCCC2)nc(C2CCCCC2)c1N. The summed E-state index contributed by atoms with van der Waals surface area (Å²) in [7, 11) is 0. The molecule has 0 bridgehead atoms. The van der Waals surface area contributed by atoms with Gasteiger partial charge in [0.25, 0.3) is 0 Å². The van der Waals surface area contributed by atoms with Crippen LogP contribution in [-0.4, -0.2) is 9.55 Å². The molecule has 2 N–H and O–H groups in total. The average Bonchev–Trinajstić information content (AvgIpc) is 3.10. The smallest absolute Gasteiger partial charge is 0.127 e. The second-order valence-electron chi connectivity index (χ2n) is 6.35. The van der Waals surface area contributed by atoms with E-state index in [2.05, 4.69) is 10.5 Å². The molecule has 1 aromatic heterocycles. The van der Waals surface area contributed by atoms with Gasteiger partial charge < -0.3 is 10.3 Å². The Bertz CT molecular complexity index is 497. The lowest BCUT2D eigenvalue weighted by Gasteiger charge is -2.20. The van der Waals surface area contributed by atoms with Gasteiger partial charge in [-0.3, -0.25) is 0 Å². The minimum Gasteiger partial charge on any atom is -0.384 e. The van der Waals surface area contributed by atoms with E-state index in [1.54, 1.807) is 0 Å². The highest BCUT2D eigenvalue weighted by Gasteiger charge is 2.28. The van der Waals surface area contributed by atoms with Crippen LogP contribution < -0.4 is 5.73 Å². The highest BCUT2D eigenvalue weighted by molar-refractivity contribution is 5.42. The van der Waals surface area contributed by atoms with E-state index in [0.29, 0.717) is 18.4 Å². The van der Waals surface area contributed by atoms with Crippen molar-refractivity contribution in [3.63, 3.8) is 0 Å². The molecule has 1 heterocycles. The van der Waals surface area contributed by atoms with Gasteiger partial charge in [-0.05, 0) is 25.7 Å². The Labute approximate surface area is 122 Å². The molecule has 3 heteroatoms. The number of nitrogen functional groups attached to an aromatic ring is 1. The van der Waals surface area contributed by atoms with Crippen LogP contribution >= 0.6 is 0 Å². The number of nitrogens with zero attached hydrogens (tertiary/aromatic N) is 2. The van der Waals surface area contributed by atoms with Crippen LogP contribution in [-0.2, 0) is 6.54 Å². The van der Waals surface area contributed by atoms with E-state index in [9.17, 15) is 0 Å². The molecule has 2 fully saturated rings. The third kappa shape index (κ3) is 2.44. The number of nitrogens with two attached hydrogens (primary N) is 1. The minimum atomic E-state index is 0.558. The summed E-state index contributed by atoms with van der Waals surface area (Å²) in [6.45, 7) is 0.567. The molecular weight excluding hydrogens is 246 g/mol.